The number of fused-ring (bicyclic) bond motifs is 1. The largest absolute Gasteiger partial charge is 0.409 e. The maximum absolute atomic E-state index is 13.9. The van der Waals surface area contributed by atoms with Crippen LogP contribution in [0.15, 0.2) is 36.4 Å². The first-order valence-corrected chi connectivity index (χ1v) is 11.0. The minimum absolute atomic E-state index is 0.0563. The minimum atomic E-state index is -4.47. The third kappa shape index (κ3) is 5.75. The van der Waals surface area contributed by atoms with Gasteiger partial charge in [-0.25, -0.2) is 5.01 Å². The molecule has 1 fully saturated rings. The molecule has 30 heavy (non-hydrogen) atoms. The molecular formula is C24H31F3N2O. The molecule has 3 rings (SSSR count). The quantitative estimate of drug-likeness (QED) is 0.447. The summed E-state index contributed by atoms with van der Waals surface area (Å²) in [7, 11) is 0. The van der Waals surface area contributed by atoms with Crippen LogP contribution in [0.4, 0.5) is 13.2 Å². The SMILES string of the molecule is CCCCCCCCCc1cccc2ccc([C@H](N3CCC(=O)N3)C(F)(F)F)cc12. The fraction of sp³-hybridized carbons (Fsp3) is 0.542. The number of amides is 1. The maximum atomic E-state index is 13.9. The van der Waals surface area contributed by atoms with Crippen LogP contribution < -0.4 is 5.43 Å². The minimum Gasteiger partial charge on any atom is -0.288 e. The molecule has 1 heterocycles. The lowest BCUT2D eigenvalue weighted by molar-refractivity contribution is -0.191. The number of benzene rings is 2. The molecule has 1 saturated heterocycles. The highest BCUT2D eigenvalue weighted by molar-refractivity contribution is 5.86. The number of unbranched alkanes of at least 4 members (excludes halogenated alkanes) is 6. The van der Waals surface area contributed by atoms with Crippen LogP contribution in [0.5, 0.6) is 0 Å². The van der Waals surface area contributed by atoms with E-state index in [1.807, 2.05) is 18.2 Å². The molecule has 0 bridgehead atoms. The zero-order valence-electron chi connectivity index (χ0n) is 17.6. The number of hydrazine groups is 1. The van der Waals surface area contributed by atoms with Gasteiger partial charge in [0.2, 0.25) is 5.91 Å². The zero-order valence-corrected chi connectivity index (χ0v) is 17.6. The smallest absolute Gasteiger partial charge is 0.288 e. The van der Waals surface area contributed by atoms with Crippen LogP contribution in [0.3, 0.4) is 0 Å². The first-order valence-electron chi connectivity index (χ1n) is 11.0. The van der Waals surface area contributed by atoms with Crippen LogP contribution in [0.1, 0.15) is 75.5 Å². The molecule has 0 aliphatic carbocycles. The van der Waals surface area contributed by atoms with E-state index < -0.39 is 12.2 Å². The summed E-state index contributed by atoms with van der Waals surface area (Å²) >= 11 is 0. The van der Waals surface area contributed by atoms with Crippen molar-refractivity contribution in [3.8, 4) is 0 Å². The fourth-order valence-corrected chi connectivity index (χ4v) is 4.25. The second-order valence-electron chi connectivity index (χ2n) is 8.19. The standard InChI is InChI=1S/C24H31F3N2O/c1-2-3-4-5-6-7-8-10-18-11-9-12-19-13-14-20(17-21(18)19)23(24(25,26)27)29-16-15-22(30)28-29/h9,11-14,17,23H,2-8,10,15-16H2,1H3,(H,28,30)/t23-/m0/s1. The van der Waals surface area contributed by atoms with Gasteiger partial charge in [-0.05, 0) is 40.8 Å². The van der Waals surface area contributed by atoms with Crippen LogP contribution in [0.25, 0.3) is 10.8 Å². The van der Waals surface area contributed by atoms with Crippen molar-refractivity contribution in [1.82, 2.24) is 10.4 Å². The average Bonchev–Trinajstić information content (AvgIpc) is 3.12. The zero-order chi connectivity index (χ0) is 21.6. The molecular weight excluding hydrogens is 389 g/mol. The molecule has 0 saturated carbocycles. The molecule has 164 valence electrons. The molecule has 0 spiro atoms. The van der Waals surface area contributed by atoms with Gasteiger partial charge in [-0.15, -0.1) is 0 Å². The molecule has 0 unspecified atom stereocenters. The lowest BCUT2D eigenvalue weighted by Gasteiger charge is -2.29. The number of hydrogen-bond donors (Lipinski definition) is 1. The van der Waals surface area contributed by atoms with Crippen molar-refractivity contribution in [2.24, 2.45) is 0 Å². The highest BCUT2D eigenvalue weighted by Gasteiger charge is 2.46. The normalized spacial score (nSPS) is 16.2. The Bertz CT molecular complexity index is 850. The number of carbonyl (C=O) groups excluding carboxylic acids is 1. The Morgan fingerprint density at radius 1 is 1.03 bits per heavy atom. The summed E-state index contributed by atoms with van der Waals surface area (Å²) < 4.78 is 41.6. The number of rotatable bonds is 10. The molecule has 1 N–H and O–H groups in total. The van der Waals surface area contributed by atoms with Crippen molar-refractivity contribution in [1.29, 1.82) is 0 Å². The first kappa shape index (κ1) is 22.6. The highest BCUT2D eigenvalue weighted by atomic mass is 19.4. The molecule has 1 atom stereocenters. The van der Waals surface area contributed by atoms with E-state index in [-0.39, 0.29) is 24.4 Å². The van der Waals surface area contributed by atoms with Crippen LogP contribution >= 0.6 is 0 Å². The van der Waals surface area contributed by atoms with Crippen molar-refractivity contribution in [3.63, 3.8) is 0 Å². The first-order chi connectivity index (χ1) is 14.4. The van der Waals surface area contributed by atoms with Crippen molar-refractivity contribution in [3.05, 3.63) is 47.5 Å². The molecule has 0 aromatic heterocycles. The Hall–Kier alpha value is -2.08. The number of aryl methyl sites for hydroxylation is 1. The summed E-state index contributed by atoms with van der Waals surface area (Å²) in [6, 6.07) is 9.05. The number of hydrogen-bond acceptors (Lipinski definition) is 2. The lowest BCUT2D eigenvalue weighted by atomic mass is 9.95. The molecule has 6 heteroatoms. The van der Waals surface area contributed by atoms with E-state index in [2.05, 4.69) is 12.3 Å². The highest BCUT2D eigenvalue weighted by Crippen LogP contribution is 2.39. The average molecular weight is 421 g/mol. The Labute approximate surface area is 176 Å². The van der Waals surface area contributed by atoms with E-state index in [1.54, 1.807) is 12.1 Å². The van der Waals surface area contributed by atoms with E-state index >= 15 is 0 Å². The Morgan fingerprint density at radius 3 is 2.43 bits per heavy atom. The summed E-state index contributed by atoms with van der Waals surface area (Å²) in [6.07, 6.45) is 4.92. The van der Waals surface area contributed by atoms with Crippen LogP contribution in [0, 0.1) is 0 Å². The fourth-order valence-electron chi connectivity index (χ4n) is 4.25. The maximum Gasteiger partial charge on any atom is 0.409 e. The number of carbonyl (C=O) groups is 1. The third-order valence-corrected chi connectivity index (χ3v) is 5.83. The second-order valence-corrected chi connectivity index (χ2v) is 8.19. The van der Waals surface area contributed by atoms with E-state index in [0.29, 0.717) is 0 Å². The Morgan fingerprint density at radius 2 is 1.77 bits per heavy atom. The van der Waals surface area contributed by atoms with Gasteiger partial charge in [-0.2, -0.15) is 13.2 Å². The summed E-state index contributed by atoms with van der Waals surface area (Å²) in [5, 5.41) is 2.84. The van der Waals surface area contributed by atoms with Gasteiger partial charge in [0.1, 0.15) is 6.04 Å². The van der Waals surface area contributed by atoms with Crippen molar-refractivity contribution >= 4 is 16.7 Å². The van der Waals surface area contributed by atoms with Gasteiger partial charge in [0, 0.05) is 13.0 Å². The Balaban J connectivity index is 1.76. The predicted molar refractivity (Wildman–Crippen MR) is 114 cm³/mol. The lowest BCUT2D eigenvalue weighted by Crippen LogP contribution is -2.43. The van der Waals surface area contributed by atoms with Crippen molar-refractivity contribution < 1.29 is 18.0 Å². The van der Waals surface area contributed by atoms with E-state index in [4.69, 9.17) is 0 Å². The van der Waals surface area contributed by atoms with Crippen molar-refractivity contribution in [2.75, 3.05) is 6.54 Å². The topological polar surface area (TPSA) is 32.3 Å². The Kier molecular flexibility index (Phi) is 7.75. The van der Waals surface area contributed by atoms with Gasteiger partial charge < -0.3 is 0 Å². The van der Waals surface area contributed by atoms with E-state index in [9.17, 15) is 18.0 Å². The van der Waals surface area contributed by atoms with Gasteiger partial charge in [0.15, 0.2) is 0 Å². The molecule has 1 aliphatic heterocycles. The van der Waals surface area contributed by atoms with Crippen LogP contribution in [-0.4, -0.2) is 23.6 Å². The molecule has 2 aromatic rings. The molecule has 1 aliphatic rings. The molecule has 1 amide bonds. The van der Waals surface area contributed by atoms with Gasteiger partial charge in [0.25, 0.3) is 0 Å². The van der Waals surface area contributed by atoms with Crippen LogP contribution in [0.2, 0.25) is 0 Å². The molecule has 3 nitrogen and oxygen atoms in total. The summed E-state index contributed by atoms with van der Waals surface area (Å²) in [5.41, 5.74) is 3.62. The molecule has 0 radical (unpaired) electrons. The number of halogens is 3. The predicted octanol–water partition coefficient (Wildman–Crippen LogP) is 6.47. The third-order valence-electron chi connectivity index (χ3n) is 5.83. The van der Waals surface area contributed by atoms with Crippen LogP contribution in [-0.2, 0) is 11.2 Å². The van der Waals surface area contributed by atoms with Gasteiger partial charge >= 0.3 is 6.18 Å². The number of alkyl halides is 3. The van der Waals surface area contributed by atoms with Gasteiger partial charge in [-0.1, -0.05) is 75.8 Å². The van der Waals surface area contributed by atoms with E-state index in [1.165, 1.54) is 38.2 Å². The summed E-state index contributed by atoms with van der Waals surface area (Å²) in [6.45, 7) is 2.26. The van der Waals surface area contributed by atoms with Gasteiger partial charge in [-0.3, -0.25) is 10.2 Å². The van der Waals surface area contributed by atoms with Crippen molar-refractivity contribution in [2.45, 2.75) is 76.9 Å². The second kappa shape index (κ2) is 10.3. The monoisotopic (exact) mass is 420 g/mol. The molecule has 2 aromatic carbocycles. The summed E-state index contributed by atoms with van der Waals surface area (Å²) in [5.74, 6) is -0.371. The van der Waals surface area contributed by atoms with E-state index in [0.717, 1.165) is 40.6 Å². The summed E-state index contributed by atoms with van der Waals surface area (Å²) in [4.78, 5) is 11.5. The number of nitrogens with one attached hydrogen (secondary N) is 1. The number of nitrogens with zero attached hydrogens (tertiary/aromatic N) is 1. The van der Waals surface area contributed by atoms with Gasteiger partial charge in [0.05, 0.1) is 0 Å².